The predicted octanol–water partition coefficient (Wildman–Crippen LogP) is 2.36. The van der Waals surface area contributed by atoms with E-state index in [-0.39, 0.29) is 0 Å². The lowest BCUT2D eigenvalue weighted by molar-refractivity contribution is 0.469. The summed E-state index contributed by atoms with van der Waals surface area (Å²) in [5.74, 6) is 5.38. The van der Waals surface area contributed by atoms with Crippen LogP contribution in [-0.4, -0.2) is 6.04 Å². The lowest BCUT2D eigenvalue weighted by atomic mass is 10.1. The third-order valence-electron chi connectivity index (χ3n) is 2.09. The number of unbranched alkanes of at least 4 members (excludes halogenated alkanes) is 3. The molecule has 1 atom stereocenters. The van der Waals surface area contributed by atoms with Crippen molar-refractivity contribution in [3.63, 3.8) is 0 Å². The predicted molar refractivity (Wildman–Crippen MR) is 54.7 cm³/mol. The van der Waals surface area contributed by atoms with Gasteiger partial charge in [-0.3, -0.25) is 11.3 Å². The van der Waals surface area contributed by atoms with Gasteiger partial charge in [-0.2, -0.15) is 0 Å². The minimum Gasteiger partial charge on any atom is -0.271 e. The molecule has 0 amide bonds. The molecule has 0 saturated heterocycles. The van der Waals surface area contributed by atoms with Crippen LogP contribution in [0.1, 0.15) is 45.4 Å². The Balaban J connectivity index is 3.25. The molecular weight excluding hydrogens is 148 g/mol. The number of rotatable bonds is 8. The van der Waals surface area contributed by atoms with Gasteiger partial charge in [-0.1, -0.05) is 38.7 Å². The molecule has 3 N–H and O–H groups in total. The fourth-order valence-electron chi connectivity index (χ4n) is 1.29. The molecule has 0 radical (unpaired) electrons. The van der Waals surface area contributed by atoms with Gasteiger partial charge in [0.25, 0.3) is 0 Å². The summed E-state index contributed by atoms with van der Waals surface area (Å²) in [6, 6.07) is 0.430. The quantitative estimate of drug-likeness (QED) is 0.254. The second-order valence-corrected chi connectivity index (χ2v) is 3.24. The molecule has 0 spiro atoms. The topological polar surface area (TPSA) is 38.0 Å². The van der Waals surface area contributed by atoms with Crippen LogP contribution in [0.25, 0.3) is 0 Å². The van der Waals surface area contributed by atoms with Crippen molar-refractivity contribution in [2.75, 3.05) is 0 Å². The molecule has 0 aliphatic rings. The van der Waals surface area contributed by atoms with Gasteiger partial charge in [0.1, 0.15) is 0 Å². The van der Waals surface area contributed by atoms with Gasteiger partial charge in [0.2, 0.25) is 0 Å². The molecule has 0 bridgehead atoms. The zero-order valence-corrected chi connectivity index (χ0v) is 8.18. The summed E-state index contributed by atoms with van der Waals surface area (Å²) in [5, 5.41) is 0. The minimum atomic E-state index is 0.430. The van der Waals surface area contributed by atoms with Crippen molar-refractivity contribution in [2.24, 2.45) is 5.84 Å². The zero-order valence-electron chi connectivity index (χ0n) is 8.18. The van der Waals surface area contributed by atoms with Crippen LogP contribution in [0.3, 0.4) is 0 Å². The molecular formula is C10H22N2. The molecule has 2 nitrogen and oxygen atoms in total. The van der Waals surface area contributed by atoms with Crippen LogP contribution in [-0.2, 0) is 0 Å². The van der Waals surface area contributed by atoms with Crippen molar-refractivity contribution in [1.82, 2.24) is 5.43 Å². The first kappa shape index (κ1) is 11.7. The second kappa shape index (κ2) is 8.75. The third-order valence-corrected chi connectivity index (χ3v) is 2.09. The Bertz CT molecular complexity index is 102. The van der Waals surface area contributed by atoms with Crippen LogP contribution >= 0.6 is 0 Å². The summed E-state index contributed by atoms with van der Waals surface area (Å²) in [4.78, 5) is 0. The Morgan fingerprint density at radius 3 is 2.67 bits per heavy atom. The van der Waals surface area contributed by atoms with E-state index in [1.54, 1.807) is 0 Å². The maximum Gasteiger partial charge on any atom is 0.0244 e. The average molecular weight is 170 g/mol. The van der Waals surface area contributed by atoms with E-state index in [0.29, 0.717) is 6.04 Å². The van der Waals surface area contributed by atoms with E-state index in [4.69, 9.17) is 5.84 Å². The van der Waals surface area contributed by atoms with Crippen molar-refractivity contribution in [3.8, 4) is 0 Å². The smallest absolute Gasteiger partial charge is 0.0244 e. The monoisotopic (exact) mass is 170 g/mol. The van der Waals surface area contributed by atoms with Crippen molar-refractivity contribution >= 4 is 0 Å². The van der Waals surface area contributed by atoms with Crippen molar-refractivity contribution in [2.45, 2.75) is 51.5 Å². The van der Waals surface area contributed by atoms with E-state index in [0.717, 1.165) is 6.42 Å². The lowest BCUT2D eigenvalue weighted by Crippen LogP contribution is -2.34. The standard InChI is InChI=1S/C10H22N2/c1-3-5-6-7-9-10(12-11)8-4-2/h4,10,12H,2-3,5-9,11H2,1H3. The molecule has 2 heteroatoms. The van der Waals surface area contributed by atoms with Gasteiger partial charge in [-0.15, -0.1) is 6.58 Å². The maximum absolute atomic E-state index is 5.38. The van der Waals surface area contributed by atoms with E-state index in [1.165, 1.54) is 32.1 Å². The van der Waals surface area contributed by atoms with Gasteiger partial charge in [-0.25, -0.2) is 0 Å². The highest BCUT2D eigenvalue weighted by Gasteiger charge is 2.02. The average Bonchev–Trinajstić information content (AvgIpc) is 2.10. The number of nitrogens with one attached hydrogen (secondary N) is 1. The van der Waals surface area contributed by atoms with E-state index in [2.05, 4.69) is 18.9 Å². The first-order valence-corrected chi connectivity index (χ1v) is 4.92. The molecule has 0 heterocycles. The van der Waals surface area contributed by atoms with Crippen LogP contribution in [0.15, 0.2) is 12.7 Å². The Kier molecular flexibility index (Phi) is 8.51. The summed E-state index contributed by atoms with van der Waals surface area (Å²) in [6.07, 6.45) is 9.30. The number of nitrogens with two attached hydrogens (primary N) is 1. The van der Waals surface area contributed by atoms with E-state index >= 15 is 0 Å². The third kappa shape index (κ3) is 6.38. The molecule has 0 aromatic carbocycles. The Morgan fingerprint density at radius 1 is 1.42 bits per heavy atom. The van der Waals surface area contributed by atoms with Gasteiger partial charge in [0.05, 0.1) is 0 Å². The highest BCUT2D eigenvalue weighted by molar-refractivity contribution is 4.76. The van der Waals surface area contributed by atoms with E-state index in [9.17, 15) is 0 Å². The summed E-state index contributed by atoms with van der Waals surface area (Å²) in [7, 11) is 0. The van der Waals surface area contributed by atoms with Crippen LogP contribution in [0, 0.1) is 0 Å². The fraction of sp³-hybridized carbons (Fsp3) is 0.800. The Labute approximate surface area is 76.2 Å². The second-order valence-electron chi connectivity index (χ2n) is 3.24. The first-order chi connectivity index (χ1) is 5.85. The summed E-state index contributed by atoms with van der Waals surface area (Å²) in [5.41, 5.74) is 2.81. The highest BCUT2D eigenvalue weighted by atomic mass is 15.2. The molecule has 12 heavy (non-hydrogen) atoms. The van der Waals surface area contributed by atoms with Crippen LogP contribution in [0.5, 0.6) is 0 Å². The summed E-state index contributed by atoms with van der Waals surface area (Å²) < 4.78 is 0. The number of hydrazine groups is 1. The largest absolute Gasteiger partial charge is 0.271 e. The maximum atomic E-state index is 5.38. The van der Waals surface area contributed by atoms with Crippen LogP contribution in [0.2, 0.25) is 0 Å². The molecule has 0 fully saturated rings. The van der Waals surface area contributed by atoms with E-state index in [1.807, 2.05) is 6.08 Å². The lowest BCUT2D eigenvalue weighted by Gasteiger charge is -2.12. The van der Waals surface area contributed by atoms with Gasteiger partial charge in [0.15, 0.2) is 0 Å². The van der Waals surface area contributed by atoms with Crippen LogP contribution < -0.4 is 11.3 Å². The van der Waals surface area contributed by atoms with Crippen molar-refractivity contribution in [1.29, 1.82) is 0 Å². The summed E-state index contributed by atoms with van der Waals surface area (Å²) in [6.45, 7) is 5.92. The molecule has 1 unspecified atom stereocenters. The molecule has 0 rings (SSSR count). The molecule has 0 aliphatic carbocycles. The SMILES string of the molecule is C=CCC(CCCCCC)NN. The molecule has 72 valence electrons. The minimum absolute atomic E-state index is 0.430. The highest BCUT2D eigenvalue weighted by Crippen LogP contribution is 2.07. The van der Waals surface area contributed by atoms with E-state index < -0.39 is 0 Å². The van der Waals surface area contributed by atoms with Gasteiger partial charge in [-0.05, 0) is 12.8 Å². The molecule has 0 aromatic heterocycles. The Morgan fingerprint density at radius 2 is 2.17 bits per heavy atom. The normalized spacial score (nSPS) is 12.8. The Hall–Kier alpha value is -0.340. The molecule has 0 aromatic rings. The fourth-order valence-corrected chi connectivity index (χ4v) is 1.29. The molecule has 0 aliphatic heterocycles. The zero-order chi connectivity index (χ0) is 9.23. The van der Waals surface area contributed by atoms with Crippen molar-refractivity contribution in [3.05, 3.63) is 12.7 Å². The summed E-state index contributed by atoms with van der Waals surface area (Å²) >= 11 is 0. The van der Waals surface area contributed by atoms with Gasteiger partial charge in [0, 0.05) is 6.04 Å². The first-order valence-electron chi connectivity index (χ1n) is 4.92. The van der Waals surface area contributed by atoms with Crippen LogP contribution in [0.4, 0.5) is 0 Å². The number of hydrogen-bond acceptors (Lipinski definition) is 2. The van der Waals surface area contributed by atoms with Gasteiger partial charge >= 0.3 is 0 Å². The van der Waals surface area contributed by atoms with Gasteiger partial charge < -0.3 is 0 Å². The number of hydrogen-bond donors (Lipinski definition) is 2. The molecule has 0 saturated carbocycles. The van der Waals surface area contributed by atoms with Crippen molar-refractivity contribution < 1.29 is 0 Å².